The molecule has 1 fully saturated rings. The summed E-state index contributed by atoms with van der Waals surface area (Å²) >= 11 is 0. The molecular formula is C16H25NO5S. The summed E-state index contributed by atoms with van der Waals surface area (Å²) in [6.07, 6.45) is 3.73. The van der Waals surface area contributed by atoms with Crippen LogP contribution in [-0.4, -0.2) is 31.6 Å². The van der Waals surface area contributed by atoms with Gasteiger partial charge in [0.25, 0.3) is 10.1 Å². The van der Waals surface area contributed by atoms with Crippen LogP contribution in [0.2, 0.25) is 0 Å². The number of ether oxygens (including phenoxy) is 1. The van der Waals surface area contributed by atoms with Crippen LogP contribution < -0.4 is 5.73 Å². The first-order valence-corrected chi connectivity index (χ1v) is 9.14. The molecule has 0 bridgehead atoms. The zero-order valence-electron chi connectivity index (χ0n) is 13.6. The van der Waals surface area contributed by atoms with Crippen molar-refractivity contribution in [1.29, 1.82) is 0 Å². The Bertz CT molecular complexity index is 589. The summed E-state index contributed by atoms with van der Waals surface area (Å²) in [6, 6.07) is 6.29. The van der Waals surface area contributed by atoms with E-state index in [0.29, 0.717) is 12.6 Å². The first-order valence-electron chi connectivity index (χ1n) is 7.70. The molecule has 2 rings (SSSR count). The normalized spacial score (nSPS) is 21.0. The van der Waals surface area contributed by atoms with Crippen LogP contribution in [0, 0.1) is 12.8 Å². The molecule has 0 radical (unpaired) electrons. The molecule has 0 amide bonds. The summed E-state index contributed by atoms with van der Waals surface area (Å²) in [5, 5.41) is 0. The lowest BCUT2D eigenvalue weighted by atomic mass is 9.86. The minimum atomic E-state index is -4.02. The third-order valence-electron chi connectivity index (χ3n) is 3.71. The molecule has 1 aliphatic carbocycles. The highest BCUT2D eigenvalue weighted by Gasteiger charge is 2.25. The van der Waals surface area contributed by atoms with Crippen molar-refractivity contribution in [3.63, 3.8) is 0 Å². The van der Waals surface area contributed by atoms with Gasteiger partial charge >= 0.3 is 5.97 Å². The molecule has 23 heavy (non-hydrogen) atoms. The molecule has 0 unspecified atom stereocenters. The Morgan fingerprint density at radius 1 is 1.22 bits per heavy atom. The lowest BCUT2D eigenvalue weighted by molar-refractivity contribution is -0.149. The lowest BCUT2D eigenvalue weighted by Gasteiger charge is -2.24. The number of benzene rings is 1. The smallest absolute Gasteiger partial charge is 0.308 e. The number of hydrogen-bond acceptors (Lipinski definition) is 5. The van der Waals surface area contributed by atoms with Gasteiger partial charge in [-0.2, -0.15) is 8.42 Å². The van der Waals surface area contributed by atoms with E-state index in [2.05, 4.69) is 0 Å². The van der Waals surface area contributed by atoms with Gasteiger partial charge in [-0.25, -0.2) is 0 Å². The summed E-state index contributed by atoms with van der Waals surface area (Å²) in [6.45, 7) is 4.17. The van der Waals surface area contributed by atoms with Crippen LogP contribution in [0.5, 0.6) is 0 Å². The largest absolute Gasteiger partial charge is 0.466 e. The number of hydrogen-bond donors (Lipinski definition) is 2. The van der Waals surface area contributed by atoms with Crippen LogP contribution in [0.3, 0.4) is 0 Å². The minimum Gasteiger partial charge on any atom is -0.466 e. The maximum atomic E-state index is 11.2. The molecule has 0 aromatic heterocycles. The molecule has 1 aliphatic rings. The third-order valence-corrected chi connectivity index (χ3v) is 4.58. The van der Waals surface area contributed by atoms with Crippen molar-refractivity contribution in [1.82, 2.24) is 0 Å². The number of carbonyl (C=O) groups is 1. The molecule has 0 spiro atoms. The first kappa shape index (κ1) is 19.6. The molecule has 3 N–H and O–H groups in total. The van der Waals surface area contributed by atoms with E-state index >= 15 is 0 Å². The van der Waals surface area contributed by atoms with Gasteiger partial charge in [-0.1, -0.05) is 17.7 Å². The van der Waals surface area contributed by atoms with E-state index in [0.717, 1.165) is 31.2 Å². The predicted molar refractivity (Wildman–Crippen MR) is 87.6 cm³/mol. The van der Waals surface area contributed by atoms with Crippen LogP contribution in [0.15, 0.2) is 29.2 Å². The number of rotatable bonds is 3. The second-order valence-electron chi connectivity index (χ2n) is 5.65. The van der Waals surface area contributed by atoms with E-state index in [9.17, 15) is 13.2 Å². The fourth-order valence-corrected chi connectivity index (χ4v) is 2.81. The minimum absolute atomic E-state index is 0.0376. The number of nitrogens with two attached hydrogens (primary N) is 1. The second-order valence-corrected chi connectivity index (χ2v) is 7.07. The summed E-state index contributed by atoms with van der Waals surface area (Å²) in [5.74, 6) is 0.0779. The van der Waals surface area contributed by atoms with Crippen LogP contribution in [0.25, 0.3) is 0 Å². The average molecular weight is 343 g/mol. The quantitative estimate of drug-likeness (QED) is 0.644. The fourth-order valence-electron chi connectivity index (χ4n) is 2.33. The maximum Gasteiger partial charge on any atom is 0.308 e. The predicted octanol–water partition coefficient (Wildman–Crippen LogP) is 2.31. The molecule has 6 nitrogen and oxygen atoms in total. The van der Waals surface area contributed by atoms with Gasteiger partial charge in [-0.15, -0.1) is 0 Å². The van der Waals surface area contributed by atoms with Crippen molar-refractivity contribution in [2.45, 2.75) is 50.5 Å². The summed E-state index contributed by atoms with van der Waals surface area (Å²) in [7, 11) is -4.02. The zero-order chi connectivity index (χ0) is 17.5. The van der Waals surface area contributed by atoms with Crippen molar-refractivity contribution in [2.24, 2.45) is 11.7 Å². The molecular weight excluding hydrogens is 318 g/mol. The number of aryl methyl sites for hydroxylation is 1. The monoisotopic (exact) mass is 343 g/mol. The van der Waals surface area contributed by atoms with Crippen LogP contribution in [0.1, 0.15) is 38.2 Å². The lowest BCUT2D eigenvalue weighted by Crippen LogP contribution is -2.30. The van der Waals surface area contributed by atoms with E-state index < -0.39 is 10.1 Å². The molecule has 0 heterocycles. The standard InChI is InChI=1S/C9H17NO2.C7H8O3S/c1-2-12-9(11)7-3-5-8(10)6-4-7;1-6-2-4-7(5-3-6)11(8,9)10/h7-8H,2-6,10H2,1H3;2-5H,1H3,(H,8,9,10). The highest BCUT2D eigenvalue weighted by molar-refractivity contribution is 7.85. The van der Waals surface area contributed by atoms with E-state index in [1.54, 1.807) is 12.1 Å². The Morgan fingerprint density at radius 3 is 2.17 bits per heavy atom. The summed E-state index contributed by atoms with van der Waals surface area (Å²) in [5.41, 5.74) is 6.67. The van der Waals surface area contributed by atoms with E-state index in [1.165, 1.54) is 12.1 Å². The molecule has 1 aromatic carbocycles. The molecule has 0 saturated heterocycles. The topological polar surface area (TPSA) is 107 Å². The summed E-state index contributed by atoms with van der Waals surface area (Å²) in [4.78, 5) is 11.2. The molecule has 1 saturated carbocycles. The maximum absolute atomic E-state index is 11.2. The van der Waals surface area contributed by atoms with E-state index in [1.807, 2.05) is 13.8 Å². The highest BCUT2D eigenvalue weighted by Crippen LogP contribution is 2.23. The zero-order valence-corrected chi connectivity index (χ0v) is 14.4. The van der Waals surface area contributed by atoms with Gasteiger partial charge in [0.05, 0.1) is 17.4 Å². The van der Waals surface area contributed by atoms with Gasteiger partial charge < -0.3 is 10.5 Å². The van der Waals surface area contributed by atoms with Gasteiger partial charge in [0.2, 0.25) is 0 Å². The van der Waals surface area contributed by atoms with Crippen molar-refractivity contribution >= 4 is 16.1 Å². The van der Waals surface area contributed by atoms with Crippen LogP contribution in [0.4, 0.5) is 0 Å². The third kappa shape index (κ3) is 7.11. The van der Waals surface area contributed by atoms with Crippen molar-refractivity contribution in [3.05, 3.63) is 29.8 Å². The van der Waals surface area contributed by atoms with E-state index in [4.69, 9.17) is 15.0 Å². The summed E-state index contributed by atoms with van der Waals surface area (Å²) < 4.78 is 34.5. The van der Waals surface area contributed by atoms with E-state index in [-0.39, 0.29) is 16.8 Å². The van der Waals surface area contributed by atoms with Gasteiger partial charge in [-0.05, 0) is 51.7 Å². The van der Waals surface area contributed by atoms with Gasteiger partial charge in [0.1, 0.15) is 0 Å². The Labute approximate surface area is 137 Å². The number of esters is 1. The van der Waals surface area contributed by atoms with Gasteiger partial charge in [0.15, 0.2) is 0 Å². The van der Waals surface area contributed by atoms with Crippen LogP contribution >= 0.6 is 0 Å². The fraction of sp³-hybridized carbons (Fsp3) is 0.562. The van der Waals surface area contributed by atoms with Crippen molar-refractivity contribution in [2.75, 3.05) is 6.61 Å². The van der Waals surface area contributed by atoms with Crippen molar-refractivity contribution < 1.29 is 22.5 Å². The van der Waals surface area contributed by atoms with Crippen LogP contribution in [-0.2, 0) is 19.6 Å². The molecule has 0 atom stereocenters. The number of carbonyl (C=O) groups excluding carboxylic acids is 1. The Morgan fingerprint density at radius 2 is 1.74 bits per heavy atom. The first-order chi connectivity index (χ1) is 10.7. The average Bonchev–Trinajstić information content (AvgIpc) is 2.48. The Hall–Kier alpha value is -1.44. The molecule has 130 valence electrons. The SMILES string of the molecule is CCOC(=O)C1CCC(N)CC1.Cc1ccc(S(=O)(=O)O)cc1. The molecule has 0 aliphatic heterocycles. The molecule has 7 heteroatoms. The van der Waals surface area contributed by atoms with Gasteiger partial charge in [-0.3, -0.25) is 9.35 Å². The second kappa shape index (κ2) is 9.00. The van der Waals surface area contributed by atoms with Crippen molar-refractivity contribution in [3.8, 4) is 0 Å². The van der Waals surface area contributed by atoms with Gasteiger partial charge in [0, 0.05) is 6.04 Å². The highest BCUT2D eigenvalue weighted by atomic mass is 32.2. The Balaban J connectivity index is 0.000000231. The Kier molecular flexibility index (Phi) is 7.67. The molecule has 1 aromatic rings.